The fraction of sp³-hybridized carbons (Fsp3) is 0.872. The Labute approximate surface area is 714 Å². The van der Waals surface area contributed by atoms with E-state index < -0.39 is 125 Å². The second kappa shape index (κ2) is 44.8. The summed E-state index contributed by atoms with van der Waals surface area (Å²) in [6.07, 6.45) is -0.480. The standard InChI is InChI=1S/C78H127N13O32/c1-52(92)79-58-61-64(117-72(7,8)114-61)76(49-111-67(58)120-76)46-105-34-31-102-28-25-99-22-19-96-16-13-89-37-55(83-86-89)40-108-43-75(82-70(95)123-71(4,5)6,44-109-41-56-38-90(87-84-56)14-17-97-20-23-100-26-29-103-32-35-106-47-77-50-112-68(121-77)59(80-53(2)93)62-65(77)118-73(9,10)115-62)45-110-42-57-39-91(88-85-57)15-18-98-21-24-101-27-30-104-33-36-107-48-78-51-113-69(122-78)60(81-54(3)94)63-66(78)119-74(11,12)116-63/h37-39,58-69H,13-36,40-51H2,1-12H3,(H,79,92)(H,80,93)(H,81,94)(H,82,95)/t58-,59-,60-,61-,62-,63?,64-,65-,66-,67-,68+,69-,75?,76+,77+,78+/m1/s1. The number of amides is 4. The number of nitrogens with one attached hydrogen (secondary N) is 4. The Bertz CT molecular complexity index is 3400. The van der Waals surface area contributed by atoms with Crippen molar-refractivity contribution in [2.45, 2.75) is 241 Å². The molecule has 45 heteroatoms. The van der Waals surface area contributed by atoms with Gasteiger partial charge in [-0.2, -0.15) is 0 Å². The molecule has 123 heavy (non-hydrogen) atoms. The van der Waals surface area contributed by atoms with Crippen molar-refractivity contribution in [3.8, 4) is 0 Å². The molecule has 0 spiro atoms. The van der Waals surface area contributed by atoms with E-state index in [9.17, 15) is 19.2 Å². The largest absolute Gasteiger partial charge is 0.444 e. The van der Waals surface area contributed by atoms with Crippen LogP contribution in [0.1, 0.15) is 100 Å². The van der Waals surface area contributed by atoms with Crippen molar-refractivity contribution in [2.75, 3.05) is 198 Å². The van der Waals surface area contributed by atoms with Crippen LogP contribution in [0.15, 0.2) is 18.6 Å². The van der Waals surface area contributed by atoms with Crippen LogP contribution in [0.25, 0.3) is 0 Å². The molecule has 9 saturated heterocycles. The van der Waals surface area contributed by atoms with E-state index in [1.54, 1.807) is 53.4 Å². The van der Waals surface area contributed by atoms with Gasteiger partial charge in [-0.05, 0) is 62.3 Å². The lowest BCUT2D eigenvalue weighted by Gasteiger charge is -2.42. The zero-order valence-corrected chi connectivity index (χ0v) is 72.7. The molecule has 6 bridgehead atoms. The fourth-order valence-corrected chi connectivity index (χ4v) is 15.6. The molecule has 3 aromatic heterocycles. The van der Waals surface area contributed by atoms with Crippen molar-refractivity contribution in [2.24, 2.45) is 0 Å². The van der Waals surface area contributed by atoms with Crippen LogP contribution in [0.2, 0.25) is 0 Å². The SMILES string of the molecule is CC(=O)N[C@H]1[C@@H]2OC[C@](COCCOCCOCCOCCn3cc(COCC(COCc4cn(CCOCCOCCOCCOC[C@@]56CO[C@H](O5)[C@H](NC(C)=O)C5OC(C)(C)O[C@H]56)nn4)(COCc4cn(CCOCCOCCOCCOC[C@@]56CO[C@@H](O5)[C@H](NC(C)=O)[C@H]5OC(C)(C)O[C@H]56)nn4)NC(=O)OC(C)(C)C)nn3)(O2)[C@@H]2OC(C)(C)O[C@H]12. The van der Waals surface area contributed by atoms with Crippen molar-refractivity contribution in [1.82, 2.24) is 66.2 Å². The van der Waals surface area contributed by atoms with Crippen molar-refractivity contribution < 1.29 is 152 Å². The molecule has 12 rings (SSSR count). The first-order chi connectivity index (χ1) is 59.0. The van der Waals surface area contributed by atoms with Gasteiger partial charge in [-0.1, -0.05) is 15.6 Å². The Balaban J connectivity index is 0.538. The molecular formula is C78H127N13O32. The van der Waals surface area contributed by atoms with E-state index in [0.29, 0.717) is 175 Å². The molecule has 9 aliphatic heterocycles. The summed E-state index contributed by atoms with van der Waals surface area (Å²) in [6.45, 7) is 29.6. The average molecular weight is 1760 g/mol. The van der Waals surface area contributed by atoms with Crippen LogP contribution >= 0.6 is 0 Å². The van der Waals surface area contributed by atoms with Gasteiger partial charge in [-0.3, -0.25) is 14.4 Å². The number of fused-ring (bicyclic) bond motifs is 12. The van der Waals surface area contributed by atoms with Crippen LogP contribution in [0.3, 0.4) is 0 Å². The Morgan fingerprint density at radius 1 is 0.374 bits per heavy atom. The molecule has 696 valence electrons. The van der Waals surface area contributed by atoms with Crippen molar-refractivity contribution in [3.63, 3.8) is 0 Å². The highest BCUT2D eigenvalue weighted by atomic mass is 16.8. The van der Waals surface area contributed by atoms with Gasteiger partial charge in [0.2, 0.25) is 17.7 Å². The average Bonchev–Trinajstić information content (AvgIpc) is 1.58. The van der Waals surface area contributed by atoms with Crippen LogP contribution in [-0.4, -0.2) is 386 Å². The van der Waals surface area contributed by atoms with Crippen LogP contribution in [0.5, 0.6) is 0 Å². The van der Waals surface area contributed by atoms with E-state index in [-0.39, 0.29) is 97.0 Å². The zero-order chi connectivity index (χ0) is 87.1. The molecule has 45 nitrogen and oxygen atoms in total. The van der Waals surface area contributed by atoms with Crippen LogP contribution in [0.4, 0.5) is 4.79 Å². The number of carbonyl (C=O) groups is 4. The van der Waals surface area contributed by atoms with Gasteiger partial charge in [0.25, 0.3) is 0 Å². The van der Waals surface area contributed by atoms with Gasteiger partial charge in [-0.15, -0.1) is 15.3 Å². The van der Waals surface area contributed by atoms with Gasteiger partial charge in [0, 0.05) is 20.8 Å². The highest BCUT2D eigenvalue weighted by Crippen LogP contribution is 2.50. The van der Waals surface area contributed by atoms with Crippen molar-refractivity contribution in [1.29, 1.82) is 0 Å². The van der Waals surface area contributed by atoms with Gasteiger partial charge >= 0.3 is 6.09 Å². The number of hydrogen-bond acceptors (Lipinski definition) is 38. The lowest BCUT2D eigenvalue weighted by Crippen LogP contribution is -2.65. The van der Waals surface area contributed by atoms with E-state index in [1.807, 2.05) is 41.5 Å². The zero-order valence-electron chi connectivity index (χ0n) is 72.7. The summed E-state index contributed by atoms with van der Waals surface area (Å²) >= 11 is 0. The molecule has 3 aromatic rings. The second-order valence-corrected chi connectivity index (χ2v) is 33.8. The van der Waals surface area contributed by atoms with E-state index in [1.165, 1.54) is 20.8 Å². The van der Waals surface area contributed by atoms with E-state index in [0.717, 1.165) is 0 Å². The summed E-state index contributed by atoms with van der Waals surface area (Å²) in [6, 6.07) is -1.55. The number of ether oxygens (including phenoxy) is 28. The number of hydrogen-bond donors (Lipinski definition) is 4. The first kappa shape index (κ1) is 96.1. The highest BCUT2D eigenvalue weighted by Gasteiger charge is 2.69. The maximum absolute atomic E-state index is 13.8. The number of nitrogens with zero attached hydrogens (tertiary/aromatic N) is 9. The van der Waals surface area contributed by atoms with E-state index in [2.05, 4.69) is 52.2 Å². The van der Waals surface area contributed by atoms with Crippen LogP contribution < -0.4 is 21.3 Å². The Morgan fingerprint density at radius 3 is 0.894 bits per heavy atom. The summed E-state index contributed by atoms with van der Waals surface area (Å²) in [7, 11) is 0. The molecule has 9 fully saturated rings. The van der Waals surface area contributed by atoms with Gasteiger partial charge in [0.15, 0.2) is 36.2 Å². The lowest BCUT2D eigenvalue weighted by atomic mass is 9.88. The third-order valence-electron chi connectivity index (χ3n) is 20.7. The Morgan fingerprint density at radius 2 is 0.634 bits per heavy atom. The molecule has 12 heterocycles. The molecule has 2 unspecified atom stereocenters. The normalized spacial score (nSPS) is 29.1. The molecule has 0 radical (unpaired) electrons. The fourth-order valence-electron chi connectivity index (χ4n) is 15.6. The van der Waals surface area contributed by atoms with Crippen LogP contribution in [0, 0.1) is 0 Å². The summed E-state index contributed by atoms with van der Waals surface area (Å²) in [5.41, 5.74) is -3.36. The molecule has 4 N–H and O–H groups in total. The number of aromatic nitrogens is 9. The van der Waals surface area contributed by atoms with E-state index in [4.69, 9.17) is 133 Å². The van der Waals surface area contributed by atoms with Gasteiger partial charge < -0.3 is 154 Å². The van der Waals surface area contributed by atoms with E-state index >= 15 is 0 Å². The van der Waals surface area contributed by atoms with Crippen molar-refractivity contribution in [3.05, 3.63) is 35.7 Å². The minimum Gasteiger partial charge on any atom is -0.444 e. The third kappa shape index (κ3) is 28.0. The molecule has 0 aliphatic carbocycles. The smallest absolute Gasteiger partial charge is 0.408 e. The maximum Gasteiger partial charge on any atom is 0.408 e. The molecular weight excluding hydrogens is 1630 g/mol. The Kier molecular flexibility index (Phi) is 35.0. The number of alkyl carbamates (subject to hydrolysis) is 1. The number of carbonyl (C=O) groups excluding carboxylic acids is 4. The third-order valence-corrected chi connectivity index (χ3v) is 20.7. The summed E-state index contributed by atoms with van der Waals surface area (Å²) in [5.74, 6) is -3.26. The van der Waals surface area contributed by atoms with Gasteiger partial charge in [-0.25, -0.2) is 18.8 Å². The predicted octanol–water partition coefficient (Wildman–Crippen LogP) is -0.676. The van der Waals surface area contributed by atoms with Crippen LogP contribution in [-0.2, 0) is 186 Å². The summed E-state index contributed by atoms with van der Waals surface area (Å²) in [4.78, 5) is 49.7. The highest BCUT2D eigenvalue weighted by molar-refractivity contribution is 5.74. The van der Waals surface area contributed by atoms with Gasteiger partial charge in [0.1, 0.15) is 99.8 Å². The topological polar surface area (TPSA) is 467 Å². The molecule has 0 aromatic carbocycles. The quantitative estimate of drug-likeness (QED) is 0.0509. The Hall–Kier alpha value is -5.98. The minimum absolute atomic E-state index is 0.00132. The molecule has 4 amide bonds. The second-order valence-electron chi connectivity index (χ2n) is 33.8. The predicted molar refractivity (Wildman–Crippen MR) is 416 cm³/mol. The van der Waals surface area contributed by atoms with Gasteiger partial charge in [0.05, 0.1) is 256 Å². The first-order valence-corrected chi connectivity index (χ1v) is 42.1. The summed E-state index contributed by atoms with van der Waals surface area (Å²) < 4.78 is 174. The lowest BCUT2D eigenvalue weighted by molar-refractivity contribution is -0.214. The minimum atomic E-state index is -1.36. The molecule has 0 saturated carbocycles. The molecule has 16 atom stereocenters. The van der Waals surface area contributed by atoms with Crippen molar-refractivity contribution >= 4 is 23.8 Å². The number of rotatable bonds is 58. The maximum atomic E-state index is 13.8. The monoisotopic (exact) mass is 1760 g/mol. The first-order valence-electron chi connectivity index (χ1n) is 42.1. The molecule has 9 aliphatic rings. The summed E-state index contributed by atoms with van der Waals surface area (Å²) in [5, 5.41) is 37.5.